The van der Waals surface area contributed by atoms with E-state index in [9.17, 15) is 0 Å². The molecule has 2 nitrogen and oxygen atoms in total. The highest BCUT2D eigenvalue weighted by Gasteiger charge is 2.12. The van der Waals surface area contributed by atoms with E-state index < -0.39 is 0 Å². The number of nitrogens with one attached hydrogen (secondary N) is 1. The van der Waals surface area contributed by atoms with Crippen LogP contribution in [0.4, 0.5) is 0 Å². The molecule has 12 heavy (non-hydrogen) atoms. The smallest absolute Gasteiger partial charge is 0.160 e. The van der Waals surface area contributed by atoms with Crippen molar-refractivity contribution in [3.63, 3.8) is 0 Å². The second-order valence-corrected chi connectivity index (χ2v) is 2.93. The molecule has 0 aromatic heterocycles. The molecule has 0 aromatic rings. The zero-order valence-electron chi connectivity index (χ0n) is 7.59. The molecule has 1 unspecified atom stereocenters. The summed E-state index contributed by atoms with van der Waals surface area (Å²) >= 11 is 0. The molecule has 1 aliphatic rings. The minimum Gasteiger partial charge on any atom is -1.00 e. The predicted molar refractivity (Wildman–Crippen MR) is 46.8 cm³/mol. The van der Waals surface area contributed by atoms with Gasteiger partial charge in [0.05, 0.1) is 12.7 Å². The third-order valence-corrected chi connectivity index (χ3v) is 1.97. The maximum absolute atomic E-state index is 3.72. The van der Waals surface area contributed by atoms with Crippen LogP contribution in [0.5, 0.6) is 0 Å². The first-order valence-corrected chi connectivity index (χ1v) is 4.28. The van der Waals surface area contributed by atoms with E-state index in [0.29, 0.717) is 0 Å². The average molecular weight is 189 g/mol. The van der Waals surface area contributed by atoms with Crippen LogP contribution in [0.3, 0.4) is 0 Å². The van der Waals surface area contributed by atoms with Gasteiger partial charge in [-0.05, 0) is 6.42 Å². The van der Waals surface area contributed by atoms with Gasteiger partial charge >= 0.3 is 0 Å². The van der Waals surface area contributed by atoms with Gasteiger partial charge in [0.15, 0.2) is 6.67 Å². The van der Waals surface area contributed by atoms with E-state index in [1.54, 1.807) is 0 Å². The first kappa shape index (κ1) is 11.5. The lowest BCUT2D eigenvalue weighted by Crippen LogP contribution is -3.07. The highest BCUT2D eigenvalue weighted by molar-refractivity contribution is 4.84. The number of quaternary nitrogens is 1. The van der Waals surface area contributed by atoms with Crippen LogP contribution >= 0.6 is 0 Å². The number of rotatable bonds is 4. The van der Waals surface area contributed by atoms with Gasteiger partial charge in [0, 0.05) is 6.20 Å². The van der Waals surface area contributed by atoms with Crippen LogP contribution in [0.25, 0.3) is 0 Å². The van der Waals surface area contributed by atoms with E-state index in [1.807, 2.05) is 6.20 Å². The summed E-state index contributed by atoms with van der Waals surface area (Å²) in [5.74, 6) is 0. The summed E-state index contributed by atoms with van der Waals surface area (Å²) in [6.45, 7) is 8.25. The van der Waals surface area contributed by atoms with Crippen molar-refractivity contribution in [3.05, 3.63) is 25.2 Å². The lowest BCUT2D eigenvalue weighted by atomic mass is 10.3. The highest BCUT2D eigenvalue weighted by Crippen LogP contribution is 1.90. The van der Waals surface area contributed by atoms with Gasteiger partial charge in [0.2, 0.25) is 0 Å². The Morgan fingerprint density at radius 2 is 2.42 bits per heavy atom. The quantitative estimate of drug-likeness (QED) is 0.516. The van der Waals surface area contributed by atoms with Crippen LogP contribution in [0.2, 0.25) is 0 Å². The Hall–Kier alpha value is -0.470. The Bertz CT molecular complexity index is 157. The summed E-state index contributed by atoms with van der Waals surface area (Å²) in [6, 6.07) is 0. The van der Waals surface area contributed by atoms with Gasteiger partial charge in [-0.25, -0.2) is 0 Å². The molecule has 0 fully saturated rings. The van der Waals surface area contributed by atoms with Gasteiger partial charge in [-0.1, -0.05) is 19.9 Å². The van der Waals surface area contributed by atoms with Gasteiger partial charge < -0.3 is 17.3 Å². The minimum atomic E-state index is 0. The monoisotopic (exact) mass is 188 g/mol. The summed E-state index contributed by atoms with van der Waals surface area (Å²) in [5.41, 5.74) is 0. The fourth-order valence-electron chi connectivity index (χ4n) is 1.23. The second kappa shape index (κ2) is 6.09. The first-order chi connectivity index (χ1) is 5.36. The molecule has 0 bridgehead atoms. The number of unbranched alkanes of at least 4 members (excludes halogenated alkanes) is 1. The van der Waals surface area contributed by atoms with E-state index >= 15 is 0 Å². The fourth-order valence-corrected chi connectivity index (χ4v) is 1.23. The summed E-state index contributed by atoms with van der Waals surface area (Å²) in [6.07, 6.45) is 8.76. The Morgan fingerprint density at radius 1 is 1.67 bits per heavy atom. The lowest BCUT2D eigenvalue weighted by molar-refractivity contribution is -0.848. The van der Waals surface area contributed by atoms with E-state index in [1.165, 1.54) is 24.3 Å². The Morgan fingerprint density at radius 3 is 2.92 bits per heavy atom. The molecule has 0 radical (unpaired) electrons. The molecule has 1 N–H and O–H groups in total. The first-order valence-electron chi connectivity index (χ1n) is 4.28. The number of hydrogen-bond donors (Lipinski definition) is 1. The fraction of sp³-hybridized carbons (Fsp3) is 0.556. The number of hydrogen-bond acceptors (Lipinski definition) is 1. The van der Waals surface area contributed by atoms with E-state index in [-0.39, 0.29) is 12.4 Å². The van der Waals surface area contributed by atoms with Crippen molar-refractivity contribution < 1.29 is 17.3 Å². The SMILES string of the molecule is C=CN1C=C[NH+](CCCC)C1.[Cl-]. The topological polar surface area (TPSA) is 7.68 Å². The summed E-state index contributed by atoms with van der Waals surface area (Å²) in [4.78, 5) is 3.65. The minimum absolute atomic E-state index is 0. The summed E-state index contributed by atoms with van der Waals surface area (Å²) < 4.78 is 0. The van der Waals surface area contributed by atoms with Gasteiger partial charge in [-0.3, -0.25) is 4.90 Å². The molecule has 0 aromatic carbocycles. The van der Waals surface area contributed by atoms with Crippen molar-refractivity contribution in [2.24, 2.45) is 0 Å². The van der Waals surface area contributed by atoms with Crippen molar-refractivity contribution in [1.29, 1.82) is 0 Å². The van der Waals surface area contributed by atoms with Crippen molar-refractivity contribution >= 4 is 0 Å². The molecule has 1 aliphatic heterocycles. The lowest BCUT2D eigenvalue weighted by Gasteiger charge is -2.12. The summed E-state index contributed by atoms with van der Waals surface area (Å²) in [7, 11) is 0. The molecular formula is C9H17ClN2. The van der Waals surface area contributed by atoms with Crippen molar-refractivity contribution in [1.82, 2.24) is 4.90 Å². The molecule has 0 aliphatic carbocycles. The zero-order valence-corrected chi connectivity index (χ0v) is 8.35. The maximum Gasteiger partial charge on any atom is 0.160 e. The number of halogens is 1. The van der Waals surface area contributed by atoms with Gasteiger partial charge in [0.25, 0.3) is 0 Å². The van der Waals surface area contributed by atoms with Gasteiger partial charge in [-0.15, -0.1) is 0 Å². The average Bonchev–Trinajstić information content (AvgIpc) is 2.48. The van der Waals surface area contributed by atoms with Crippen LogP contribution in [0.15, 0.2) is 25.2 Å². The molecule has 0 saturated carbocycles. The summed E-state index contributed by atoms with van der Waals surface area (Å²) in [5, 5.41) is 0. The normalized spacial score (nSPS) is 20.8. The van der Waals surface area contributed by atoms with Gasteiger partial charge in [-0.2, -0.15) is 0 Å². The Kier molecular flexibility index (Phi) is 5.85. The molecule has 1 atom stereocenters. The molecule has 70 valence electrons. The standard InChI is InChI=1S/C9H16N2.ClH/c1-3-5-6-11-8-7-10(4-2)9-11;/h4,7-8H,2-3,5-6,9H2,1H3;1H. The molecule has 1 heterocycles. The molecule has 3 heteroatoms. The van der Waals surface area contributed by atoms with Crippen molar-refractivity contribution in [2.75, 3.05) is 13.2 Å². The predicted octanol–water partition coefficient (Wildman–Crippen LogP) is -2.44. The maximum atomic E-state index is 3.72. The third-order valence-electron chi connectivity index (χ3n) is 1.97. The number of nitrogens with zero attached hydrogens (tertiary/aromatic N) is 1. The van der Waals surface area contributed by atoms with E-state index in [4.69, 9.17) is 0 Å². The second-order valence-electron chi connectivity index (χ2n) is 2.93. The van der Waals surface area contributed by atoms with E-state index in [2.05, 4.69) is 30.8 Å². The molecule has 0 spiro atoms. The van der Waals surface area contributed by atoms with Crippen LogP contribution in [-0.2, 0) is 0 Å². The molecular weight excluding hydrogens is 172 g/mol. The van der Waals surface area contributed by atoms with Crippen LogP contribution in [-0.4, -0.2) is 18.1 Å². The van der Waals surface area contributed by atoms with Crippen LogP contribution < -0.4 is 17.3 Å². The van der Waals surface area contributed by atoms with Crippen LogP contribution in [0, 0.1) is 0 Å². The van der Waals surface area contributed by atoms with Gasteiger partial charge in [0.1, 0.15) is 6.20 Å². The van der Waals surface area contributed by atoms with E-state index in [0.717, 1.165) is 6.67 Å². The molecule has 0 saturated heterocycles. The van der Waals surface area contributed by atoms with Crippen LogP contribution in [0.1, 0.15) is 19.8 Å². The Labute approximate surface area is 80.9 Å². The van der Waals surface area contributed by atoms with Crippen molar-refractivity contribution in [2.45, 2.75) is 19.8 Å². The molecule has 1 rings (SSSR count). The largest absolute Gasteiger partial charge is 1.00 e. The molecule has 0 amide bonds. The van der Waals surface area contributed by atoms with Crippen molar-refractivity contribution in [3.8, 4) is 0 Å². The zero-order chi connectivity index (χ0) is 8.10. The highest BCUT2D eigenvalue weighted by atomic mass is 35.5. The Balaban J connectivity index is 0.00000121. The third kappa shape index (κ3) is 3.28.